The molecule has 9 heteroatoms. The van der Waals surface area contributed by atoms with E-state index in [0.717, 1.165) is 30.7 Å². The quantitative estimate of drug-likeness (QED) is 0.643. The Bertz CT molecular complexity index is 1030. The molecule has 1 saturated heterocycles. The maximum Gasteiger partial charge on any atom is 0.243 e. The third-order valence-electron chi connectivity index (χ3n) is 5.59. The zero-order chi connectivity index (χ0) is 20.5. The summed E-state index contributed by atoms with van der Waals surface area (Å²) in [6, 6.07) is 4.53. The van der Waals surface area contributed by atoms with E-state index < -0.39 is 6.04 Å². The molecule has 3 aromatic rings. The lowest BCUT2D eigenvalue weighted by Crippen LogP contribution is -2.49. The third-order valence-corrected chi connectivity index (χ3v) is 6.37. The number of carbonyl (C=O) groups is 1. The maximum absolute atomic E-state index is 15.1. The van der Waals surface area contributed by atoms with Crippen LogP contribution in [0.25, 0.3) is 11.4 Å². The number of piperidine rings is 1. The Morgan fingerprint density at radius 2 is 2.20 bits per heavy atom. The fraction of sp³-hybridized carbons (Fsp3) is 0.429. The number of amides is 1. The van der Waals surface area contributed by atoms with Gasteiger partial charge < -0.3 is 14.7 Å². The first kappa shape index (κ1) is 19.2. The van der Waals surface area contributed by atoms with Crippen LogP contribution in [0, 0.1) is 5.82 Å². The van der Waals surface area contributed by atoms with Crippen LogP contribution in [-0.4, -0.2) is 33.6 Å². The number of benzene rings is 1. The van der Waals surface area contributed by atoms with Gasteiger partial charge in [0.05, 0.1) is 12.2 Å². The highest BCUT2D eigenvalue weighted by Crippen LogP contribution is 2.39. The average molecular weight is 428 g/mol. The Kier molecular flexibility index (Phi) is 5.20. The van der Waals surface area contributed by atoms with Crippen LogP contribution >= 0.6 is 11.3 Å². The predicted octanol–water partition coefficient (Wildman–Crippen LogP) is 3.88. The molecule has 0 bridgehead atoms. The SMILES string of the molecule is O=C(NCc1nccs1)C1CCCCN1c1ccc(-c2noc(C3CC3)n2)cc1F. The van der Waals surface area contributed by atoms with Gasteiger partial charge in [0.2, 0.25) is 17.6 Å². The molecule has 30 heavy (non-hydrogen) atoms. The number of anilines is 1. The second kappa shape index (κ2) is 8.14. The summed E-state index contributed by atoms with van der Waals surface area (Å²) in [4.78, 5) is 23.3. The number of hydrogen-bond donors (Lipinski definition) is 1. The summed E-state index contributed by atoms with van der Waals surface area (Å²) in [6.07, 6.45) is 6.41. The zero-order valence-corrected chi connectivity index (χ0v) is 17.2. The minimum absolute atomic E-state index is 0.0966. The van der Waals surface area contributed by atoms with Gasteiger partial charge in [0.15, 0.2) is 0 Å². The van der Waals surface area contributed by atoms with Crippen molar-refractivity contribution in [3.05, 3.63) is 46.5 Å². The van der Waals surface area contributed by atoms with Crippen molar-refractivity contribution in [2.75, 3.05) is 11.4 Å². The van der Waals surface area contributed by atoms with Crippen molar-refractivity contribution in [1.29, 1.82) is 0 Å². The monoisotopic (exact) mass is 427 g/mol. The molecule has 7 nitrogen and oxygen atoms in total. The van der Waals surface area contributed by atoms with Gasteiger partial charge >= 0.3 is 0 Å². The van der Waals surface area contributed by atoms with Crippen LogP contribution in [0.3, 0.4) is 0 Å². The van der Waals surface area contributed by atoms with Crippen LogP contribution < -0.4 is 10.2 Å². The summed E-state index contributed by atoms with van der Waals surface area (Å²) in [5.74, 6) is 0.902. The number of aromatic nitrogens is 3. The van der Waals surface area contributed by atoms with E-state index in [1.807, 2.05) is 10.3 Å². The number of carbonyl (C=O) groups excluding carboxylic acids is 1. The van der Waals surface area contributed by atoms with Crippen LogP contribution in [0.1, 0.15) is 48.9 Å². The summed E-state index contributed by atoms with van der Waals surface area (Å²) in [5.41, 5.74) is 1.01. The molecule has 5 rings (SSSR count). The Balaban J connectivity index is 1.33. The predicted molar refractivity (Wildman–Crippen MR) is 111 cm³/mol. The molecule has 2 fully saturated rings. The van der Waals surface area contributed by atoms with Crippen molar-refractivity contribution >= 4 is 22.9 Å². The van der Waals surface area contributed by atoms with Crippen molar-refractivity contribution in [3.63, 3.8) is 0 Å². The molecule has 2 aromatic heterocycles. The molecule has 3 heterocycles. The van der Waals surface area contributed by atoms with Crippen LogP contribution in [-0.2, 0) is 11.3 Å². The fourth-order valence-electron chi connectivity index (χ4n) is 3.84. The van der Waals surface area contributed by atoms with Crippen LogP contribution in [0.5, 0.6) is 0 Å². The van der Waals surface area contributed by atoms with E-state index in [-0.39, 0.29) is 11.7 Å². The molecule has 0 radical (unpaired) electrons. The molecular weight excluding hydrogens is 405 g/mol. The van der Waals surface area contributed by atoms with E-state index in [9.17, 15) is 4.79 Å². The number of halogens is 1. The van der Waals surface area contributed by atoms with E-state index in [2.05, 4.69) is 20.4 Å². The first-order valence-corrected chi connectivity index (χ1v) is 11.1. The average Bonchev–Trinajstić information content (AvgIpc) is 3.26. The van der Waals surface area contributed by atoms with Gasteiger partial charge in [0.1, 0.15) is 16.9 Å². The highest BCUT2D eigenvalue weighted by atomic mass is 32.1. The van der Waals surface area contributed by atoms with E-state index in [1.54, 1.807) is 18.3 Å². The van der Waals surface area contributed by atoms with Gasteiger partial charge in [-0.1, -0.05) is 5.16 Å². The molecule has 1 N–H and O–H groups in total. The zero-order valence-electron chi connectivity index (χ0n) is 16.4. The number of nitrogens with one attached hydrogen (secondary N) is 1. The highest BCUT2D eigenvalue weighted by Gasteiger charge is 2.32. The maximum atomic E-state index is 15.1. The molecule has 1 amide bonds. The largest absolute Gasteiger partial charge is 0.357 e. The second-order valence-corrected chi connectivity index (χ2v) is 8.72. The standard InChI is InChI=1S/C21H22FN5O2S/c22-15-11-14(19-25-21(29-26-19)13-4-5-13)6-7-16(15)27-9-2-1-3-17(27)20(28)24-12-18-23-8-10-30-18/h6-8,10-11,13,17H,1-5,9,12H2,(H,24,28). The Hall–Kier alpha value is -2.81. The van der Waals surface area contributed by atoms with E-state index >= 15 is 4.39 Å². The van der Waals surface area contributed by atoms with Gasteiger partial charge in [-0.15, -0.1) is 11.3 Å². The van der Waals surface area contributed by atoms with Crippen molar-refractivity contribution in [2.45, 2.75) is 50.6 Å². The topological polar surface area (TPSA) is 84.2 Å². The van der Waals surface area contributed by atoms with Crippen LogP contribution in [0.4, 0.5) is 10.1 Å². The lowest BCUT2D eigenvalue weighted by Gasteiger charge is -2.36. The van der Waals surface area contributed by atoms with Crippen LogP contribution in [0.2, 0.25) is 0 Å². The van der Waals surface area contributed by atoms with Crippen molar-refractivity contribution in [3.8, 4) is 11.4 Å². The summed E-state index contributed by atoms with van der Waals surface area (Å²) in [7, 11) is 0. The second-order valence-electron chi connectivity index (χ2n) is 7.75. The molecule has 1 aliphatic heterocycles. The first-order valence-electron chi connectivity index (χ1n) is 10.3. The van der Waals surface area contributed by atoms with Gasteiger partial charge in [-0.25, -0.2) is 9.37 Å². The third kappa shape index (κ3) is 3.94. The Morgan fingerprint density at radius 3 is 2.97 bits per heavy atom. The molecule has 1 atom stereocenters. The smallest absolute Gasteiger partial charge is 0.243 e. The summed E-state index contributed by atoms with van der Waals surface area (Å²) >= 11 is 1.50. The minimum atomic E-state index is -0.397. The first-order chi connectivity index (χ1) is 14.7. The molecule has 1 aliphatic carbocycles. The van der Waals surface area contributed by atoms with Gasteiger partial charge in [-0.2, -0.15) is 4.98 Å². The van der Waals surface area contributed by atoms with E-state index in [1.165, 1.54) is 17.4 Å². The lowest BCUT2D eigenvalue weighted by molar-refractivity contribution is -0.123. The number of hydrogen-bond acceptors (Lipinski definition) is 7. The Labute approximate surface area is 177 Å². The fourth-order valence-corrected chi connectivity index (χ4v) is 4.40. The summed E-state index contributed by atoms with van der Waals surface area (Å²) in [5, 5.41) is 9.66. The number of rotatable bonds is 6. The summed E-state index contributed by atoms with van der Waals surface area (Å²) < 4.78 is 20.4. The Morgan fingerprint density at radius 1 is 1.30 bits per heavy atom. The number of nitrogens with zero attached hydrogens (tertiary/aromatic N) is 4. The minimum Gasteiger partial charge on any atom is -0.357 e. The van der Waals surface area contributed by atoms with Gasteiger partial charge in [0.25, 0.3) is 0 Å². The molecule has 156 valence electrons. The normalized spacial score (nSPS) is 19.1. The molecule has 1 saturated carbocycles. The van der Waals surface area contributed by atoms with Gasteiger partial charge in [0, 0.05) is 29.6 Å². The lowest BCUT2D eigenvalue weighted by atomic mass is 10.00. The van der Waals surface area contributed by atoms with Gasteiger partial charge in [-0.05, 0) is 50.3 Å². The molecular formula is C21H22FN5O2S. The molecule has 1 unspecified atom stereocenters. The summed E-state index contributed by atoms with van der Waals surface area (Å²) in [6.45, 7) is 1.03. The van der Waals surface area contributed by atoms with Crippen LogP contribution in [0.15, 0.2) is 34.3 Å². The van der Waals surface area contributed by atoms with Crippen molar-refractivity contribution < 1.29 is 13.7 Å². The van der Waals surface area contributed by atoms with E-state index in [0.29, 0.717) is 48.4 Å². The highest BCUT2D eigenvalue weighted by molar-refractivity contribution is 7.09. The number of thiazole rings is 1. The molecule has 0 spiro atoms. The molecule has 1 aromatic carbocycles. The molecule has 2 aliphatic rings. The van der Waals surface area contributed by atoms with Crippen molar-refractivity contribution in [2.24, 2.45) is 0 Å². The van der Waals surface area contributed by atoms with E-state index in [4.69, 9.17) is 4.52 Å². The van der Waals surface area contributed by atoms with Crippen molar-refractivity contribution in [1.82, 2.24) is 20.4 Å². The van der Waals surface area contributed by atoms with Gasteiger partial charge in [-0.3, -0.25) is 4.79 Å².